The second-order valence-corrected chi connectivity index (χ2v) is 6.44. The first-order valence-corrected chi connectivity index (χ1v) is 6.99. The molecule has 1 saturated carbocycles. The van der Waals surface area contributed by atoms with E-state index >= 15 is 0 Å². The van der Waals surface area contributed by atoms with Crippen LogP contribution in [0, 0.1) is 11.3 Å². The second kappa shape index (κ2) is 4.56. The van der Waals surface area contributed by atoms with Gasteiger partial charge in [0.15, 0.2) is 0 Å². The molecule has 2 rings (SSSR count). The predicted molar refractivity (Wildman–Crippen MR) is 69.9 cm³/mol. The summed E-state index contributed by atoms with van der Waals surface area (Å²) in [5.74, 6) is 0.277. The van der Waals surface area contributed by atoms with Gasteiger partial charge in [-0.15, -0.1) is 0 Å². The van der Waals surface area contributed by atoms with Gasteiger partial charge < -0.3 is 10.2 Å². The molecular formula is C14H24N2O2. The number of nitrogens with zero attached hydrogens (tertiary/aromatic N) is 1. The number of rotatable bonds is 4. The topological polar surface area (TPSA) is 49.4 Å². The Bertz CT molecular complexity index is 361. The highest BCUT2D eigenvalue weighted by atomic mass is 16.2. The largest absolute Gasteiger partial charge is 0.343 e. The van der Waals surface area contributed by atoms with E-state index in [1.807, 2.05) is 25.7 Å². The fourth-order valence-electron chi connectivity index (χ4n) is 2.70. The average molecular weight is 252 g/mol. The van der Waals surface area contributed by atoms with E-state index in [9.17, 15) is 9.59 Å². The van der Waals surface area contributed by atoms with Crippen molar-refractivity contribution in [2.45, 2.75) is 59.0 Å². The molecule has 1 aliphatic carbocycles. The number of carbonyl (C=O) groups excluding carboxylic acids is 2. The van der Waals surface area contributed by atoms with E-state index in [4.69, 9.17) is 0 Å². The Labute approximate surface area is 109 Å². The third-order valence-electron chi connectivity index (χ3n) is 4.20. The third-order valence-corrected chi connectivity index (χ3v) is 4.20. The number of amides is 2. The molecule has 2 unspecified atom stereocenters. The van der Waals surface area contributed by atoms with E-state index in [-0.39, 0.29) is 35.2 Å². The fraction of sp³-hybridized carbons (Fsp3) is 0.857. The summed E-state index contributed by atoms with van der Waals surface area (Å²) in [6, 6.07) is -0.618. The zero-order valence-corrected chi connectivity index (χ0v) is 11.8. The van der Waals surface area contributed by atoms with Gasteiger partial charge in [0, 0.05) is 6.54 Å². The molecule has 2 fully saturated rings. The molecule has 1 N–H and O–H groups in total. The van der Waals surface area contributed by atoms with Gasteiger partial charge in [0.25, 0.3) is 0 Å². The normalized spacial score (nSPS) is 30.6. The average Bonchev–Trinajstić information content (AvgIpc) is 3.00. The Kier molecular flexibility index (Phi) is 3.39. The van der Waals surface area contributed by atoms with Crippen molar-refractivity contribution < 1.29 is 9.59 Å². The molecule has 0 spiro atoms. The second-order valence-electron chi connectivity index (χ2n) is 6.44. The summed E-state index contributed by atoms with van der Waals surface area (Å²) in [7, 11) is 0. The van der Waals surface area contributed by atoms with Crippen LogP contribution in [-0.2, 0) is 9.59 Å². The summed E-state index contributed by atoms with van der Waals surface area (Å²) < 4.78 is 0. The Morgan fingerprint density at radius 3 is 2.44 bits per heavy atom. The fourth-order valence-corrected chi connectivity index (χ4v) is 2.70. The van der Waals surface area contributed by atoms with E-state index in [0.29, 0.717) is 6.42 Å². The lowest BCUT2D eigenvalue weighted by atomic mass is 9.94. The molecule has 0 aromatic rings. The first-order valence-electron chi connectivity index (χ1n) is 6.99. The van der Waals surface area contributed by atoms with Crippen molar-refractivity contribution in [1.29, 1.82) is 0 Å². The molecule has 102 valence electrons. The van der Waals surface area contributed by atoms with Crippen molar-refractivity contribution >= 4 is 11.8 Å². The minimum absolute atomic E-state index is 0.0145. The Balaban J connectivity index is 2.21. The van der Waals surface area contributed by atoms with Crippen LogP contribution in [0.3, 0.4) is 0 Å². The highest BCUT2D eigenvalue weighted by Crippen LogP contribution is 2.46. The number of hydrogen-bond acceptors (Lipinski definition) is 2. The van der Waals surface area contributed by atoms with Crippen LogP contribution in [0.4, 0.5) is 0 Å². The van der Waals surface area contributed by atoms with Gasteiger partial charge in [0.2, 0.25) is 11.8 Å². The van der Waals surface area contributed by atoms with E-state index in [1.165, 1.54) is 12.8 Å². The summed E-state index contributed by atoms with van der Waals surface area (Å²) >= 11 is 0. The predicted octanol–water partition coefficient (Wildman–Crippen LogP) is 1.55. The number of piperazine rings is 1. The van der Waals surface area contributed by atoms with Gasteiger partial charge in [0.05, 0.1) is 0 Å². The molecule has 4 nitrogen and oxygen atoms in total. The minimum Gasteiger partial charge on any atom is -0.343 e. The summed E-state index contributed by atoms with van der Waals surface area (Å²) in [4.78, 5) is 26.4. The SMILES string of the molecule is CCC1NC(=O)C(C(C)C)N(CC2(C)CC2)C1=O. The van der Waals surface area contributed by atoms with E-state index < -0.39 is 0 Å². The van der Waals surface area contributed by atoms with Crippen LogP contribution in [0.2, 0.25) is 0 Å². The lowest BCUT2D eigenvalue weighted by Crippen LogP contribution is -2.65. The monoisotopic (exact) mass is 252 g/mol. The molecule has 1 aliphatic heterocycles. The zero-order valence-electron chi connectivity index (χ0n) is 11.8. The van der Waals surface area contributed by atoms with Crippen molar-refractivity contribution in [3.63, 3.8) is 0 Å². The molecule has 4 heteroatoms. The summed E-state index contributed by atoms with van der Waals surface area (Å²) in [6.45, 7) is 8.89. The maximum Gasteiger partial charge on any atom is 0.245 e. The molecule has 18 heavy (non-hydrogen) atoms. The van der Waals surface area contributed by atoms with Crippen molar-refractivity contribution in [1.82, 2.24) is 10.2 Å². The third kappa shape index (κ3) is 2.38. The van der Waals surface area contributed by atoms with Gasteiger partial charge in [0.1, 0.15) is 12.1 Å². The standard InChI is InChI=1S/C14H24N2O2/c1-5-10-13(18)16(8-14(4)6-7-14)11(9(2)3)12(17)15-10/h9-11H,5-8H2,1-4H3,(H,15,17). The molecule has 1 heterocycles. The molecule has 2 aliphatic rings. The van der Waals surface area contributed by atoms with Crippen molar-refractivity contribution in [2.24, 2.45) is 11.3 Å². The van der Waals surface area contributed by atoms with E-state index in [1.54, 1.807) is 0 Å². The lowest BCUT2D eigenvalue weighted by Gasteiger charge is -2.42. The smallest absolute Gasteiger partial charge is 0.245 e. The van der Waals surface area contributed by atoms with Crippen LogP contribution in [0.25, 0.3) is 0 Å². The van der Waals surface area contributed by atoms with Crippen LogP contribution < -0.4 is 5.32 Å². The molecule has 2 atom stereocenters. The summed E-state index contributed by atoms with van der Waals surface area (Å²) in [5, 5.41) is 2.85. The first kappa shape index (κ1) is 13.4. The van der Waals surface area contributed by atoms with Crippen molar-refractivity contribution in [3.05, 3.63) is 0 Å². The van der Waals surface area contributed by atoms with E-state index in [0.717, 1.165) is 6.54 Å². The molecule has 0 radical (unpaired) electrons. The van der Waals surface area contributed by atoms with Gasteiger partial charge in [-0.25, -0.2) is 0 Å². The summed E-state index contributed by atoms with van der Waals surface area (Å²) in [6.07, 6.45) is 3.00. The van der Waals surface area contributed by atoms with Crippen LogP contribution in [0.1, 0.15) is 47.0 Å². The highest BCUT2D eigenvalue weighted by Gasteiger charge is 2.47. The minimum atomic E-state index is -0.324. The van der Waals surface area contributed by atoms with Crippen LogP contribution >= 0.6 is 0 Å². The number of hydrogen-bond donors (Lipinski definition) is 1. The number of carbonyl (C=O) groups is 2. The lowest BCUT2D eigenvalue weighted by molar-refractivity contribution is -0.152. The van der Waals surface area contributed by atoms with Crippen molar-refractivity contribution in [2.75, 3.05) is 6.54 Å². The zero-order chi connectivity index (χ0) is 13.5. The van der Waals surface area contributed by atoms with Gasteiger partial charge in [-0.2, -0.15) is 0 Å². The Hall–Kier alpha value is -1.06. The van der Waals surface area contributed by atoms with Crippen LogP contribution in [0.5, 0.6) is 0 Å². The Morgan fingerprint density at radius 2 is 2.00 bits per heavy atom. The van der Waals surface area contributed by atoms with E-state index in [2.05, 4.69) is 12.2 Å². The molecule has 2 amide bonds. The van der Waals surface area contributed by atoms with Gasteiger partial charge in [-0.3, -0.25) is 9.59 Å². The molecule has 0 aromatic carbocycles. The molecule has 0 bridgehead atoms. The maximum atomic E-state index is 12.4. The quantitative estimate of drug-likeness (QED) is 0.825. The van der Waals surface area contributed by atoms with Gasteiger partial charge in [-0.05, 0) is 30.6 Å². The maximum absolute atomic E-state index is 12.4. The molecule has 1 saturated heterocycles. The molecular weight excluding hydrogens is 228 g/mol. The van der Waals surface area contributed by atoms with Crippen LogP contribution in [-0.4, -0.2) is 35.3 Å². The van der Waals surface area contributed by atoms with Crippen LogP contribution in [0.15, 0.2) is 0 Å². The van der Waals surface area contributed by atoms with Gasteiger partial charge >= 0.3 is 0 Å². The van der Waals surface area contributed by atoms with Crippen molar-refractivity contribution in [3.8, 4) is 0 Å². The van der Waals surface area contributed by atoms with Gasteiger partial charge in [-0.1, -0.05) is 27.7 Å². The summed E-state index contributed by atoms with van der Waals surface area (Å²) in [5.41, 5.74) is 0.249. The molecule has 0 aromatic heterocycles. The first-order chi connectivity index (χ1) is 8.38. The highest BCUT2D eigenvalue weighted by molar-refractivity contribution is 5.97. The number of nitrogens with one attached hydrogen (secondary N) is 1. The Morgan fingerprint density at radius 1 is 1.39 bits per heavy atom.